The van der Waals surface area contributed by atoms with E-state index in [0.717, 1.165) is 0 Å². The second-order valence-corrected chi connectivity index (χ2v) is 3.33. The molecule has 0 bridgehead atoms. The highest BCUT2D eigenvalue weighted by Gasteiger charge is 2.49. The van der Waals surface area contributed by atoms with Crippen molar-refractivity contribution in [3.63, 3.8) is 0 Å². The van der Waals surface area contributed by atoms with Crippen molar-refractivity contribution in [1.82, 2.24) is 4.90 Å². The summed E-state index contributed by atoms with van der Waals surface area (Å²) >= 11 is 0. The fourth-order valence-electron chi connectivity index (χ4n) is 1.12. The zero-order valence-electron chi connectivity index (χ0n) is 6.80. The Bertz CT molecular complexity index is 175. The minimum Gasteiger partial charge on any atom is -0.367 e. The third-order valence-corrected chi connectivity index (χ3v) is 2.08. The van der Waals surface area contributed by atoms with Crippen LogP contribution in [-0.2, 0) is 4.79 Å². The molecule has 4 heteroatoms. The normalized spacial score (nSPS) is 23.3. The molecule has 1 aliphatic rings. The molecule has 1 fully saturated rings. The van der Waals surface area contributed by atoms with E-state index in [1.807, 2.05) is 18.7 Å². The van der Waals surface area contributed by atoms with E-state index in [0.29, 0.717) is 6.04 Å². The zero-order chi connectivity index (χ0) is 8.65. The number of alkyl halides is 1. The van der Waals surface area contributed by atoms with Crippen LogP contribution in [0, 0.1) is 0 Å². The molecule has 0 aromatic carbocycles. The standard InChI is InChI=1S/C7H13FN2O/c1-5(2)10-3-7(8,4-10)6(9)11/h5H,3-4H2,1-2H3,(H2,9,11). The molecule has 0 spiro atoms. The Morgan fingerprint density at radius 2 is 2.09 bits per heavy atom. The third-order valence-electron chi connectivity index (χ3n) is 2.08. The van der Waals surface area contributed by atoms with E-state index in [1.54, 1.807) is 0 Å². The predicted octanol–water partition coefficient (Wildman–Crippen LogP) is -0.0960. The molecule has 0 radical (unpaired) electrons. The van der Waals surface area contributed by atoms with Gasteiger partial charge in [-0.15, -0.1) is 0 Å². The van der Waals surface area contributed by atoms with E-state index < -0.39 is 11.6 Å². The number of carbonyl (C=O) groups is 1. The second kappa shape index (κ2) is 2.44. The summed E-state index contributed by atoms with van der Waals surface area (Å²) < 4.78 is 13.1. The summed E-state index contributed by atoms with van der Waals surface area (Å²) in [6.45, 7) is 4.22. The molecule has 0 unspecified atom stereocenters. The number of nitrogens with zero attached hydrogens (tertiary/aromatic N) is 1. The number of hydrogen-bond donors (Lipinski definition) is 1. The van der Waals surface area contributed by atoms with E-state index in [9.17, 15) is 9.18 Å². The van der Waals surface area contributed by atoms with Crippen molar-refractivity contribution in [1.29, 1.82) is 0 Å². The lowest BCUT2D eigenvalue weighted by Gasteiger charge is -2.44. The van der Waals surface area contributed by atoms with Crippen LogP contribution in [0.5, 0.6) is 0 Å². The molecule has 1 rings (SSSR count). The van der Waals surface area contributed by atoms with E-state index >= 15 is 0 Å². The van der Waals surface area contributed by atoms with Crippen molar-refractivity contribution in [3.8, 4) is 0 Å². The molecule has 0 saturated carbocycles. The summed E-state index contributed by atoms with van der Waals surface area (Å²) in [5.41, 5.74) is 3.09. The molecule has 3 nitrogen and oxygen atoms in total. The molecule has 1 saturated heterocycles. The first kappa shape index (κ1) is 8.46. The second-order valence-electron chi connectivity index (χ2n) is 3.33. The van der Waals surface area contributed by atoms with Gasteiger partial charge in [-0.2, -0.15) is 0 Å². The molecule has 0 aliphatic carbocycles. The maximum atomic E-state index is 13.1. The fourth-order valence-corrected chi connectivity index (χ4v) is 1.12. The Labute approximate surface area is 65.3 Å². The lowest BCUT2D eigenvalue weighted by atomic mass is 9.94. The van der Waals surface area contributed by atoms with Crippen molar-refractivity contribution in [2.45, 2.75) is 25.6 Å². The van der Waals surface area contributed by atoms with Crippen LogP contribution in [0.2, 0.25) is 0 Å². The van der Waals surface area contributed by atoms with Gasteiger partial charge in [0, 0.05) is 19.1 Å². The third kappa shape index (κ3) is 1.35. The highest BCUT2D eigenvalue weighted by molar-refractivity contribution is 5.85. The zero-order valence-corrected chi connectivity index (χ0v) is 6.80. The number of halogens is 1. The summed E-state index contributed by atoms with van der Waals surface area (Å²) in [5, 5.41) is 0. The van der Waals surface area contributed by atoms with E-state index in [2.05, 4.69) is 0 Å². The fraction of sp³-hybridized carbons (Fsp3) is 0.857. The van der Waals surface area contributed by atoms with E-state index in [1.165, 1.54) is 0 Å². The van der Waals surface area contributed by atoms with Crippen LogP contribution >= 0.6 is 0 Å². The van der Waals surface area contributed by atoms with Gasteiger partial charge in [0.1, 0.15) is 0 Å². The quantitative estimate of drug-likeness (QED) is 0.613. The monoisotopic (exact) mass is 160 g/mol. The molecule has 64 valence electrons. The Morgan fingerprint density at radius 1 is 1.64 bits per heavy atom. The average Bonchev–Trinajstić information content (AvgIpc) is 1.79. The van der Waals surface area contributed by atoms with Crippen molar-refractivity contribution in [3.05, 3.63) is 0 Å². The van der Waals surface area contributed by atoms with Gasteiger partial charge in [0.25, 0.3) is 5.91 Å². The van der Waals surface area contributed by atoms with Crippen LogP contribution in [-0.4, -0.2) is 35.6 Å². The molecular weight excluding hydrogens is 147 g/mol. The Morgan fingerprint density at radius 3 is 2.36 bits per heavy atom. The molecular formula is C7H13FN2O. The van der Waals surface area contributed by atoms with Crippen LogP contribution in [0.3, 0.4) is 0 Å². The van der Waals surface area contributed by atoms with Crippen LogP contribution < -0.4 is 5.73 Å². The first-order valence-corrected chi connectivity index (χ1v) is 3.68. The number of hydrogen-bond acceptors (Lipinski definition) is 2. The van der Waals surface area contributed by atoms with Crippen LogP contribution in [0.15, 0.2) is 0 Å². The molecule has 0 aromatic heterocycles. The highest BCUT2D eigenvalue weighted by Crippen LogP contribution is 2.26. The summed E-state index contributed by atoms with van der Waals surface area (Å²) in [5.74, 6) is -0.839. The van der Waals surface area contributed by atoms with Crippen molar-refractivity contribution < 1.29 is 9.18 Å². The number of nitrogens with two attached hydrogens (primary N) is 1. The number of carbonyl (C=O) groups excluding carboxylic acids is 1. The van der Waals surface area contributed by atoms with Gasteiger partial charge in [0.15, 0.2) is 0 Å². The first-order chi connectivity index (χ1) is 4.96. The van der Waals surface area contributed by atoms with Gasteiger partial charge >= 0.3 is 0 Å². The number of rotatable bonds is 2. The minimum atomic E-state index is -1.76. The van der Waals surface area contributed by atoms with Gasteiger partial charge in [-0.05, 0) is 13.8 Å². The largest absolute Gasteiger partial charge is 0.367 e. The topological polar surface area (TPSA) is 46.3 Å². The van der Waals surface area contributed by atoms with Gasteiger partial charge < -0.3 is 5.73 Å². The smallest absolute Gasteiger partial charge is 0.257 e. The molecule has 1 aliphatic heterocycles. The van der Waals surface area contributed by atoms with Crippen molar-refractivity contribution >= 4 is 5.91 Å². The Hall–Kier alpha value is -0.640. The van der Waals surface area contributed by atoms with Crippen LogP contribution in [0.4, 0.5) is 4.39 Å². The van der Waals surface area contributed by atoms with Crippen molar-refractivity contribution in [2.75, 3.05) is 13.1 Å². The number of likely N-dealkylation sites (tertiary alicyclic amines) is 1. The van der Waals surface area contributed by atoms with Gasteiger partial charge in [-0.3, -0.25) is 9.69 Å². The molecule has 11 heavy (non-hydrogen) atoms. The van der Waals surface area contributed by atoms with Gasteiger partial charge in [-0.25, -0.2) is 4.39 Å². The number of amides is 1. The number of primary amides is 1. The summed E-state index contributed by atoms with van der Waals surface area (Å²) in [4.78, 5) is 12.4. The molecule has 1 amide bonds. The van der Waals surface area contributed by atoms with Gasteiger partial charge in [-0.1, -0.05) is 0 Å². The lowest BCUT2D eigenvalue weighted by molar-refractivity contribution is -0.143. The first-order valence-electron chi connectivity index (χ1n) is 3.68. The Balaban J connectivity index is 2.44. The van der Waals surface area contributed by atoms with E-state index in [4.69, 9.17) is 5.73 Å². The van der Waals surface area contributed by atoms with Crippen LogP contribution in [0.1, 0.15) is 13.8 Å². The van der Waals surface area contributed by atoms with Crippen LogP contribution in [0.25, 0.3) is 0 Å². The predicted molar refractivity (Wildman–Crippen MR) is 39.7 cm³/mol. The van der Waals surface area contributed by atoms with Crippen molar-refractivity contribution in [2.24, 2.45) is 5.73 Å². The summed E-state index contributed by atoms with van der Waals surface area (Å²) in [6.07, 6.45) is 0. The summed E-state index contributed by atoms with van der Waals surface area (Å²) in [6, 6.07) is 0.290. The van der Waals surface area contributed by atoms with E-state index in [-0.39, 0.29) is 13.1 Å². The molecule has 1 heterocycles. The maximum absolute atomic E-state index is 13.1. The maximum Gasteiger partial charge on any atom is 0.257 e. The SMILES string of the molecule is CC(C)N1CC(F)(C(N)=O)C1. The highest BCUT2D eigenvalue weighted by atomic mass is 19.1. The Kier molecular flexibility index (Phi) is 1.88. The molecule has 0 aromatic rings. The van der Waals surface area contributed by atoms with Gasteiger partial charge in [0.05, 0.1) is 0 Å². The lowest BCUT2D eigenvalue weighted by Crippen LogP contribution is -2.66. The summed E-state index contributed by atoms with van der Waals surface area (Å²) in [7, 11) is 0. The molecule has 0 atom stereocenters. The molecule has 2 N–H and O–H groups in total. The average molecular weight is 160 g/mol. The van der Waals surface area contributed by atoms with Gasteiger partial charge in [0.2, 0.25) is 5.67 Å². The minimum absolute atomic E-state index is 0.153.